The van der Waals surface area contributed by atoms with E-state index in [-0.39, 0.29) is 18.2 Å². The number of benzene rings is 1. The van der Waals surface area contributed by atoms with Crippen LogP contribution in [0.1, 0.15) is 23.7 Å². The lowest BCUT2D eigenvalue weighted by Gasteiger charge is -2.09. The number of aromatic hydroxyl groups is 1. The van der Waals surface area contributed by atoms with Gasteiger partial charge in [0.1, 0.15) is 5.75 Å². The third-order valence-corrected chi connectivity index (χ3v) is 2.10. The summed E-state index contributed by atoms with van der Waals surface area (Å²) in [7, 11) is 0. The minimum atomic E-state index is -0.508. The highest BCUT2D eigenvalue weighted by Gasteiger charge is 2.07. The predicted molar refractivity (Wildman–Crippen MR) is 56.7 cm³/mol. The van der Waals surface area contributed by atoms with Crippen LogP contribution in [0.15, 0.2) is 24.3 Å². The summed E-state index contributed by atoms with van der Waals surface area (Å²) >= 11 is 0. The minimum absolute atomic E-state index is 0.125. The van der Waals surface area contributed by atoms with E-state index in [2.05, 4.69) is 5.32 Å². The first-order valence-electron chi connectivity index (χ1n) is 4.88. The number of aliphatic hydroxyl groups is 1. The van der Waals surface area contributed by atoms with E-state index in [4.69, 9.17) is 5.11 Å². The first-order valence-corrected chi connectivity index (χ1v) is 4.88. The van der Waals surface area contributed by atoms with Crippen LogP contribution in [0.2, 0.25) is 0 Å². The lowest BCUT2D eigenvalue weighted by molar-refractivity contribution is 0.0914. The number of hydrogen-bond acceptors (Lipinski definition) is 3. The third-order valence-electron chi connectivity index (χ3n) is 2.10. The van der Waals surface area contributed by atoms with Gasteiger partial charge in [0.15, 0.2) is 0 Å². The van der Waals surface area contributed by atoms with E-state index in [1.54, 1.807) is 0 Å². The lowest BCUT2D eigenvalue weighted by Crippen LogP contribution is -2.31. The molecule has 0 aliphatic carbocycles. The highest BCUT2D eigenvalue weighted by Crippen LogP contribution is 2.09. The van der Waals surface area contributed by atoms with Gasteiger partial charge in [-0.3, -0.25) is 4.79 Å². The van der Waals surface area contributed by atoms with Crippen LogP contribution in [-0.4, -0.2) is 28.8 Å². The van der Waals surface area contributed by atoms with E-state index < -0.39 is 6.10 Å². The van der Waals surface area contributed by atoms with E-state index in [1.807, 2.05) is 6.92 Å². The van der Waals surface area contributed by atoms with Gasteiger partial charge in [0, 0.05) is 12.1 Å². The molecule has 0 aliphatic heterocycles. The Morgan fingerprint density at radius 2 is 2.00 bits per heavy atom. The highest BCUT2D eigenvalue weighted by molar-refractivity contribution is 5.94. The van der Waals surface area contributed by atoms with E-state index in [1.165, 1.54) is 24.3 Å². The van der Waals surface area contributed by atoms with Crippen molar-refractivity contribution in [3.05, 3.63) is 29.8 Å². The summed E-state index contributed by atoms with van der Waals surface area (Å²) in [5.74, 6) is -0.123. The maximum Gasteiger partial charge on any atom is 0.251 e. The second-order valence-electron chi connectivity index (χ2n) is 3.32. The molecule has 0 spiro atoms. The van der Waals surface area contributed by atoms with Crippen LogP contribution in [0.3, 0.4) is 0 Å². The Kier molecular flexibility index (Phi) is 4.12. The summed E-state index contributed by atoms with van der Waals surface area (Å²) in [5, 5.41) is 20.9. The highest BCUT2D eigenvalue weighted by atomic mass is 16.3. The summed E-state index contributed by atoms with van der Waals surface area (Å²) in [6, 6.07) is 5.96. The Bertz CT molecular complexity index is 321. The molecule has 0 fully saturated rings. The molecule has 1 amide bonds. The molecule has 4 heteroatoms. The maximum atomic E-state index is 11.5. The molecular formula is C11H15NO3. The van der Waals surface area contributed by atoms with Gasteiger partial charge < -0.3 is 15.5 Å². The number of carbonyl (C=O) groups is 1. The molecule has 0 heterocycles. The zero-order valence-corrected chi connectivity index (χ0v) is 8.60. The number of hydrogen-bond donors (Lipinski definition) is 3. The van der Waals surface area contributed by atoms with Crippen LogP contribution >= 0.6 is 0 Å². The average Bonchev–Trinajstić information content (AvgIpc) is 2.26. The number of aliphatic hydroxyl groups excluding tert-OH is 1. The fourth-order valence-electron chi connectivity index (χ4n) is 1.07. The number of amides is 1. The average molecular weight is 209 g/mol. The SMILES string of the molecule is CCC(O)CNC(=O)c1ccc(O)cc1. The minimum Gasteiger partial charge on any atom is -0.508 e. The predicted octanol–water partition coefficient (Wildman–Crippen LogP) is 0.893. The summed E-state index contributed by atoms with van der Waals surface area (Å²) in [6.45, 7) is 2.09. The van der Waals surface area contributed by atoms with Crippen LogP contribution < -0.4 is 5.32 Å². The van der Waals surface area contributed by atoms with Crippen LogP contribution in [0, 0.1) is 0 Å². The van der Waals surface area contributed by atoms with Crippen LogP contribution in [0.4, 0.5) is 0 Å². The molecule has 0 aliphatic rings. The van der Waals surface area contributed by atoms with Crippen molar-refractivity contribution in [1.82, 2.24) is 5.32 Å². The topological polar surface area (TPSA) is 69.6 Å². The molecular weight excluding hydrogens is 194 g/mol. The summed E-state index contributed by atoms with van der Waals surface area (Å²) < 4.78 is 0. The van der Waals surface area contributed by atoms with Crippen molar-refractivity contribution >= 4 is 5.91 Å². The quantitative estimate of drug-likeness (QED) is 0.689. The molecule has 0 saturated heterocycles. The van der Waals surface area contributed by atoms with Gasteiger partial charge in [-0.15, -0.1) is 0 Å². The van der Waals surface area contributed by atoms with Crippen LogP contribution in [0.5, 0.6) is 5.75 Å². The van der Waals surface area contributed by atoms with E-state index in [9.17, 15) is 9.90 Å². The zero-order valence-electron chi connectivity index (χ0n) is 8.60. The zero-order chi connectivity index (χ0) is 11.3. The van der Waals surface area contributed by atoms with E-state index in [0.29, 0.717) is 12.0 Å². The lowest BCUT2D eigenvalue weighted by atomic mass is 10.2. The fraction of sp³-hybridized carbons (Fsp3) is 0.364. The fourth-order valence-corrected chi connectivity index (χ4v) is 1.07. The van der Waals surface area contributed by atoms with Crippen molar-refractivity contribution in [2.24, 2.45) is 0 Å². The molecule has 1 atom stereocenters. The molecule has 0 aromatic heterocycles. The van der Waals surface area contributed by atoms with Crippen molar-refractivity contribution in [2.45, 2.75) is 19.4 Å². The van der Waals surface area contributed by atoms with Gasteiger partial charge in [0.25, 0.3) is 5.91 Å². The number of rotatable bonds is 4. The van der Waals surface area contributed by atoms with Crippen molar-refractivity contribution in [1.29, 1.82) is 0 Å². The molecule has 1 rings (SSSR count). The van der Waals surface area contributed by atoms with Gasteiger partial charge in [0.2, 0.25) is 0 Å². The van der Waals surface area contributed by atoms with Crippen molar-refractivity contribution < 1.29 is 15.0 Å². The normalized spacial score (nSPS) is 12.1. The largest absolute Gasteiger partial charge is 0.508 e. The van der Waals surface area contributed by atoms with Gasteiger partial charge in [-0.1, -0.05) is 6.92 Å². The van der Waals surface area contributed by atoms with Crippen molar-refractivity contribution in [3.8, 4) is 5.75 Å². The Morgan fingerprint density at radius 3 is 2.53 bits per heavy atom. The Labute approximate surface area is 88.6 Å². The third kappa shape index (κ3) is 3.59. The second kappa shape index (κ2) is 5.36. The molecule has 82 valence electrons. The summed E-state index contributed by atoms with van der Waals surface area (Å²) in [6.07, 6.45) is 0.0987. The van der Waals surface area contributed by atoms with Gasteiger partial charge in [-0.25, -0.2) is 0 Å². The standard InChI is InChI=1S/C11H15NO3/c1-2-9(13)7-12-11(15)8-3-5-10(14)6-4-8/h3-6,9,13-14H,2,7H2,1H3,(H,12,15). The second-order valence-corrected chi connectivity index (χ2v) is 3.32. The Hall–Kier alpha value is -1.55. The number of phenolic OH excluding ortho intramolecular Hbond substituents is 1. The molecule has 4 nitrogen and oxygen atoms in total. The summed E-state index contributed by atoms with van der Waals surface area (Å²) in [4.78, 5) is 11.5. The van der Waals surface area contributed by atoms with E-state index >= 15 is 0 Å². The molecule has 1 aromatic carbocycles. The summed E-state index contributed by atoms with van der Waals surface area (Å²) in [5.41, 5.74) is 0.469. The Morgan fingerprint density at radius 1 is 1.40 bits per heavy atom. The number of nitrogens with one attached hydrogen (secondary N) is 1. The van der Waals surface area contributed by atoms with E-state index in [0.717, 1.165) is 0 Å². The Balaban J connectivity index is 2.50. The van der Waals surface area contributed by atoms with Crippen LogP contribution in [-0.2, 0) is 0 Å². The maximum absolute atomic E-state index is 11.5. The molecule has 3 N–H and O–H groups in total. The first kappa shape index (κ1) is 11.5. The van der Waals surface area contributed by atoms with Gasteiger partial charge >= 0.3 is 0 Å². The molecule has 1 aromatic rings. The molecule has 0 saturated carbocycles. The van der Waals surface area contributed by atoms with Gasteiger partial charge in [-0.2, -0.15) is 0 Å². The van der Waals surface area contributed by atoms with Gasteiger partial charge in [0.05, 0.1) is 6.10 Å². The number of carbonyl (C=O) groups excluding carboxylic acids is 1. The van der Waals surface area contributed by atoms with Crippen molar-refractivity contribution in [3.63, 3.8) is 0 Å². The smallest absolute Gasteiger partial charge is 0.251 e. The van der Waals surface area contributed by atoms with Gasteiger partial charge in [-0.05, 0) is 30.7 Å². The molecule has 15 heavy (non-hydrogen) atoms. The number of phenols is 1. The first-order chi connectivity index (χ1) is 7.13. The van der Waals surface area contributed by atoms with Crippen LogP contribution in [0.25, 0.3) is 0 Å². The molecule has 1 unspecified atom stereocenters. The van der Waals surface area contributed by atoms with Crippen molar-refractivity contribution in [2.75, 3.05) is 6.54 Å². The monoisotopic (exact) mass is 209 g/mol. The molecule has 0 bridgehead atoms. The molecule has 0 radical (unpaired) electrons.